The van der Waals surface area contributed by atoms with E-state index in [0.717, 1.165) is 45.0 Å². The standard InChI is InChI=1S/C20H26N6O/c1-24-12-14-26(15-13-24)20-21-9-8-18(23-20)19(27)22-16-4-6-17(7-5-16)25-10-2-3-11-25/h4-9H,2-3,10-15H2,1H3,(H,22,27). The van der Waals surface area contributed by atoms with Crippen LogP contribution in [0.15, 0.2) is 36.5 Å². The molecule has 1 N–H and O–H groups in total. The van der Waals surface area contributed by atoms with Crippen molar-refractivity contribution in [1.82, 2.24) is 14.9 Å². The molecule has 0 atom stereocenters. The summed E-state index contributed by atoms with van der Waals surface area (Å²) in [6, 6.07) is 9.70. The Morgan fingerprint density at radius 2 is 1.63 bits per heavy atom. The van der Waals surface area contributed by atoms with Gasteiger partial charge in [0, 0.05) is 56.8 Å². The molecule has 0 saturated carbocycles. The summed E-state index contributed by atoms with van der Waals surface area (Å²) in [5, 5.41) is 2.94. The van der Waals surface area contributed by atoms with Crippen LogP contribution in [0, 0.1) is 0 Å². The molecule has 0 unspecified atom stereocenters. The van der Waals surface area contributed by atoms with Gasteiger partial charge in [0.2, 0.25) is 5.95 Å². The van der Waals surface area contributed by atoms with Gasteiger partial charge >= 0.3 is 0 Å². The first-order chi connectivity index (χ1) is 13.2. The van der Waals surface area contributed by atoms with Gasteiger partial charge in [0.25, 0.3) is 5.91 Å². The summed E-state index contributed by atoms with van der Waals surface area (Å²) in [5.41, 5.74) is 2.38. The lowest BCUT2D eigenvalue weighted by Crippen LogP contribution is -2.45. The first-order valence-corrected chi connectivity index (χ1v) is 9.62. The number of aromatic nitrogens is 2. The molecule has 27 heavy (non-hydrogen) atoms. The molecule has 2 saturated heterocycles. The monoisotopic (exact) mass is 366 g/mol. The number of carbonyl (C=O) groups excluding carboxylic acids is 1. The summed E-state index contributed by atoms with van der Waals surface area (Å²) in [7, 11) is 2.11. The highest BCUT2D eigenvalue weighted by atomic mass is 16.1. The maximum Gasteiger partial charge on any atom is 0.274 e. The van der Waals surface area contributed by atoms with Crippen LogP contribution >= 0.6 is 0 Å². The summed E-state index contributed by atoms with van der Waals surface area (Å²) < 4.78 is 0. The fourth-order valence-electron chi connectivity index (χ4n) is 3.56. The number of nitrogens with one attached hydrogen (secondary N) is 1. The summed E-state index contributed by atoms with van der Waals surface area (Å²) >= 11 is 0. The quantitative estimate of drug-likeness (QED) is 0.894. The molecule has 0 spiro atoms. The van der Waals surface area contributed by atoms with Crippen molar-refractivity contribution >= 4 is 23.2 Å². The van der Waals surface area contributed by atoms with Crippen molar-refractivity contribution < 1.29 is 4.79 Å². The molecule has 2 fully saturated rings. The average molecular weight is 366 g/mol. The molecule has 0 aliphatic carbocycles. The lowest BCUT2D eigenvalue weighted by atomic mass is 10.2. The third-order valence-corrected chi connectivity index (χ3v) is 5.26. The van der Waals surface area contributed by atoms with E-state index in [2.05, 4.69) is 49.2 Å². The predicted octanol–water partition coefficient (Wildman–Crippen LogP) is 2.08. The topological polar surface area (TPSA) is 64.6 Å². The van der Waals surface area contributed by atoms with Crippen molar-refractivity contribution in [2.75, 3.05) is 61.4 Å². The molecule has 2 aliphatic heterocycles. The molecule has 0 radical (unpaired) electrons. The molecule has 1 aromatic carbocycles. The zero-order valence-corrected chi connectivity index (χ0v) is 15.8. The number of nitrogens with zero attached hydrogens (tertiary/aromatic N) is 5. The normalized spacial score (nSPS) is 18.0. The van der Waals surface area contributed by atoms with E-state index < -0.39 is 0 Å². The largest absolute Gasteiger partial charge is 0.372 e. The number of anilines is 3. The summed E-state index contributed by atoms with van der Waals surface area (Å²) in [6.07, 6.45) is 4.16. The van der Waals surface area contributed by atoms with Crippen molar-refractivity contribution in [3.05, 3.63) is 42.2 Å². The number of carbonyl (C=O) groups is 1. The van der Waals surface area contributed by atoms with Crippen molar-refractivity contribution in [2.45, 2.75) is 12.8 Å². The number of hydrogen-bond donors (Lipinski definition) is 1. The second-order valence-corrected chi connectivity index (χ2v) is 7.23. The van der Waals surface area contributed by atoms with Crippen molar-refractivity contribution in [1.29, 1.82) is 0 Å². The van der Waals surface area contributed by atoms with E-state index in [1.807, 2.05) is 12.1 Å². The number of amides is 1. The maximum atomic E-state index is 12.6. The molecule has 7 nitrogen and oxygen atoms in total. The molecule has 7 heteroatoms. The van der Waals surface area contributed by atoms with Crippen molar-refractivity contribution in [2.24, 2.45) is 0 Å². The third kappa shape index (κ3) is 4.19. The third-order valence-electron chi connectivity index (χ3n) is 5.26. The van der Waals surface area contributed by atoms with Crippen molar-refractivity contribution in [3.8, 4) is 0 Å². The fraction of sp³-hybridized carbons (Fsp3) is 0.450. The van der Waals surface area contributed by atoms with Crippen LogP contribution in [0.25, 0.3) is 0 Å². The van der Waals surface area contributed by atoms with Crippen LogP contribution in [0.1, 0.15) is 23.3 Å². The van der Waals surface area contributed by atoms with Gasteiger partial charge in [-0.25, -0.2) is 9.97 Å². The van der Waals surface area contributed by atoms with Crippen LogP contribution in [0.4, 0.5) is 17.3 Å². The molecule has 0 bridgehead atoms. The molecular formula is C20H26N6O. The van der Waals surface area contributed by atoms with Gasteiger partial charge in [-0.1, -0.05) is 0 Å². The first kappa shape index (κ1) is 17.7. The number of rotatable bonds is 4. The Bertz CT molecular complexity index is 779. The van der Waals surface area contributed by atoms with Crippen molar-refractivity contribution in [3.63, 3.8) is 0 Å². The van der Waals surface area contributed by atoms with Crippen LogP contribution in [0.3, 0.4) is 0 Å². The minimum Gasteiger partial charge on any atom is -0.372 e. The molecule has 142 valence electrons. The Morgan fingerprint density at radius 3 is 2.33 bits per heavy atom. The highest BCUT2D eigenvalue weighted by molar-refractivity contribution is 6.03. The highest BCUT2D eigenvalue weighted by Gasteiger charge is 2.18. The van der Waals surface area contributed by atoms with E-state index in [9.17, 15) is 4.79 Å². The Balaban J connectivity index is 1.41. The number of hydrogen-bond acceptors (Lipinski definition) is 6. The second kappa shape index (κ2) is 7.92. The predicted molar refractivity (Wildman–Crippen MR) is 108 cm³/mol. The molecule has 4 rings (SSSR count). The highest BCUT2D eigenvalue weighted by Crippen LogP contribution is 2.22. The summed E-state index contributed by atoms with van der Waals surface area (Å²) in [4.78, 5) is 28.2. The lowest BCUT2D eigenvalue weighted by molar-refractivity contribution is 0.102. The number of benzene rings is 1. The fourth-order valence-corrected chi connectivity index (χ4v) is 3.56. The van der Waals surface area contributed by atoms with E-state index in [4.69, 9.17) is 0 Å². The van der Waals surface area contributed by atoms with Crippen LogP contribution in [0.5, 0.6) is 0 Å². The second-order valence-electron chi connectivity index (χ2n) is 7.23. The molecular weight excluding hydrogens is 340 g/mol. The van der Waals surface area contributed by atoms with Gasteiger partial charge in [-0.15, -0.1) is 0 Å². The lowest BCUT2D eigenvalue weighted by Gasteiger charge is -2.32. The Morgan fingerprint density at radius 1 is 0.926 bits per heavy atom. The molecule has 2 aliphatic rings. The van der Waals surface area contributed by atoms with Crippen LogP contribution in [-0.2, 0) is 0 Å². The Labute approximate surface area is 160 Å². The van der Waals surface area contributed by atoms with E-state index >= 15 is 0 Å². The van der Waals surface area contributed by atoms with Gasteiger partial charge in [0.15, 0.2) is 0 Å². The number of likely N-dealkylation sites (N-methyl/N-ethyl adjacent to an activating group) is 1. The average Bonchev–Trinajstić information content (AvgIpc) is 3.24. The van der Waals surface area contributed by atoms with Gasteiger partial charge in [0.05, 0.1) is 0 Å². The van der Waals surface area contributed by atoms with Gasteiger partial charge < -0.3 is 20.0 Å². The van der Waals surface area contributed by atoms with E-state index in [1.165, 1.54) is 18.5 Å². The van der Waals surface area contributed by atoms with E-state index in [0.29, 0.717) is 11.6 Å². The molecule has 3 heterocycles. The van der Waals surface area contributed by atoms with Gasteiger partial charge in [0.1, 0.15) is 5.69 Å². The maximum absolute atomic E-state index is 12.6. The zero-order chi connectivity index (χ0) is 18.6. The molecule has 2 aromatic rings. The smallest absolute Gasteiger partial charge is 0.274 e. The summed E-state index contributed by atoms with van der Waals surface area (Å²) in [6.45, 7) is 5.93. The first-order valence-electron chi connectivity index (χ1n) is 9.62. The summed E-state index contributed by atoms with van der Waals surface area (Å²) in [5.74, 6) is 0.418. The Hall–Kier alpha value is -2.67. The SMILES string of the molecule is CN1CCN(c2nccc(C(=O)Nc3ccc(N4CCCC4)cc3)n2)CC1. The molecule has 1 aromatic heterocycles. The van der Waals surface area contributed by atoms with Gasteiger partial charge in [-0.05, 0) is 50.2 Å². The number of piperazine rings is 1. The minimum absolute atomic E-state index is 0.207. The Kier molecular flexibility index (Phi) is 5.20. The van der Waals surface area contributed by atoms with Crippen LogP contribution in [-0.4, -0.2) is 67.1 Å². The van der Waals surface area contributed by atoms with Gasteiger partial charge in [-0.3, -0.25) is 4.79 Å². The molecule has 1 amide bonds. The zero-order valence-electron chi connectivity index (χ0n) is 15.8. The van der Waals surface area contributed by atoms with Gasteiger partial charge in [-0.2, -0.15) is 0 Å². The van der Waals surface area contributed by atoms with Crippen LogP contribution in [0.2, 0.25) is 0 Å². The van der Waals surface area contributed by atoms with Crippen LogP contribution < -0.4 is 15.1 Å². The minimum atomic E-state index is -0.207. The van der Waals surface area contributed by atoms with E-state index in [1.54, 1.807) is 12.3 Å². The van der Waals surface area contributed by atoms with E-state index in [-0.39, 0.29) is 5.91 Å².